The third-order valence-corrected chi connectivity index (χ3v) is 2.80. The first-order valence-electron chi connectivity index (χ1n) is 6.54. The van der Waals surface area contributed by atoms with Crippen molar-refractivity contribution in [3.8, 4) is 0 Å². The SMILES string of the molecule is CCOC(=O)CC[C@H](NC(=O)c1cn(C)nc1C)C(=O)O. The van der Waals surface area contributed by atoms with Crippen molar-refractivity contribution in [2.75, 3.05) is 6.61 Å². The first kappa shape index (κ1) is 16.7. The highest BCUT2D eigenvalue weighted by Crippen LogP contribution is 2.07. The predicted octanol–water partition coefficient (Wildman–Crippen LogP) is 0.255. The highest BCUT2D eigenvalue weighted by molar-refractivity contribution is 5.97. The second-order valence-corrected chi connectivity index (χ2v) is 4.51. The number of carbonyl (C=O) groups is 3. The smallest absolute Gasteiger partial charge is 0.326 e. The Morgan fingerprint density at radius 2 is 2.14 bits per heavy atom. The van der Waals surface area contributed by atoms with Crippen LogP contribution in [0.2, 0.25) is 0 Å². The van der Waals surface area contributed by atoms with E-state index >= 15 is 0 Å². The summed E-state index contributed by atoms with van der Waals surface area (Å²) in [7, 11) is 1.67. The number of hydrogen-bond acceptors (Lipinski definition) is 5. The number of aliphatic carboxylic acids is 1. The van der Waals surface area contributed by atoms with E-state index in [0.29, 0.717) is 11.3 Å². The van der Waals surface area contributed by atoms with Gasteiger partial charge in [0.15, 0.2) is 0 Å². The fourth-order valence-corrected chi connectivity index (χ4v) is 1.81. The van der Waals surface area contributed by atoms with Crippen molar-refractivity contribution in [2.24, 2.45) is 7.05 Å². The first-order chi connectivity index (χ1) is 9.85. The van der Waals surface area contributed by atoms with Crippen LogP contribution in [0.1, 0.15) is 35.8 Å². The van der Waals surface area contributed by atoms with Gasteiger partial charge in [0.2, 0.25) is 0 Å². The van der Waals surface area contributed by atoms with Crippen molar-refractivity contribution in [1.82, 2.24) is 15.1 Å². The Morgan fingerprint density at radius 3 is 2.62 bits per heavy atom. The minimum Gasteiger partial charge on any atom is -0.480 e. The van der Waals surface area contributed by atoms with Gasteiger partial charge in [-0.3, -0.25) is 14.3 Å². The van der Waals surface area contributed by atoms with Crippen LogP contribution in [0.3, 0.4) is 0 Å². The molecule has 0 spiro atoms. The lowest BCUT2D eigenvalue weighted by molar-refractivity contribution is -0.144. The number of carbonyl (C=O) groups excluding carboxylic acids is 2. The molecular formula is C13H19N3O5. The number of esters is 1. The molecule has 1 heterocycles. The molecule has 1 amide bonds. The van der Waals surface area contributed by atoms with Crippen LogP contribution >= 0.6 is 0 Å². The summed E-state index contributed by atoms with van der Waals surface area (Å²) in [5, 5.41) is 15.5. The molecule has 0 radical (unpaired) electrons. The molecule has 21 heavy (non-hydrogen) atoms. The fraction of sp³-hybridized carbons (Fsp3) is 0.538. The lowest BCUT2D eigenvalue weighted by atomic mass is 10.1. The molecule has 1 atom stereocenters. The molecule has 1 aromatic heterocycles. The van der Waals surface area contributed by atoms with E-state index in [1.807, 2.05) is 0 Å². The van der Waals surface area contributed by atoms with Crippen LogP contribution in [-0.4, -0.2) is 45.4 Å². The molecule has 1 aromatic rings. The van der Waals surface area contributed by atoms with Crippen molar-refractivity contribution in [1.29, 1.82) is 0 Å². The fourth-order valence-electron chi connectivity index (χ4n) is 1.81. The third kappa shape index (κ3) is 4.90. The Kier molecular flexibility index (Phi) is 5.89. The average molecular weight is 297 g/mol. The van der Waals surface area contributed by atoms with Gasteiger partial charge in [-0.1, -0.05) is 0 Å². The van der Waals surface area contributed by atoms with E-state index in [0.717, 1.165) is 0 Å². The molecule has 2 N–H and O–H groups in total. The van der Waals surface area contributed by atoms with E-state index in [1.54, 1.807) is 20.9 Å². The molecule has 0 saturated heterocycles. The van der Waals surface area contributed by atoms with E-state index in [2.05, 4.69) is 10.4 Å². The largest absolute Gasteiger partial charge is 0.480 e. The van der Waals surface area contributed by atoms with Crippen molar-refractivity contribution in [2.45, 2.75) is 32.7 Å². The number of carboxylic acids is 1. The van der Waals surface area contributed by atoms with Gasteiger partial charge in [0.05, 0.1) is 17.9 Å². The molecule has 8 heteroatoms. The topological polar surface area (TPSA) is 111 Å². The highest BCUT2D eigenvalue weighted by Gasteiger charge is 2.23. The van der Waals surface area contributed by atoms with Gasteiger partial charge in [0.1, 0.15) is 6.04 Å². The van der Waals surface area contributed by atoms with Gasteiger partial charge in [0, 0.05) is 19.7 Å². The second-order valence-electron chi connectivity index (χ2n) is 4.51. The van der Waals surface area contributed by atoms with E-state index in [9.17, 15) is 14.4 Å². The highest BCUT2D eigenvalue weighted by atomic mass is 16.5. The van der Waals surface area contributed by atoms with Gasteiger partial charge in [-0.2, -0.15) is 5.10 Å². The van der Waals surface area contributed by atoms with Crippen LogP contribution in [-0.2, 0) is 21.4 Å². The average Bonchev–Trinajstić information content (AvgIpc) is 2.73. The van der Waals surface area contributed by atoms with Crippen molar-refractivity contribution in [3.05, 3.63) is 17.5 Å². The summed E-state index contributed by atoms with van der Waals surface area (Å²) in [6, 6.07) is -1.15. The van der Waals surface area contributed by atoms with Crippen LogP contribution in [0.15, 0.2) is 6.20 Å². The number of nitrogens with one attached hydrogen (secondary N) is 1. The Hall–Kier alpha value is -2.38. The summed E-state index contributed by atoms with van der Waals surface area (Å²) < 4.78 is 6.20. The Labute approximate surface area is 122 Å². The molecule has 8 nitrogen and oxygen atoms in total. The number of carboxylic acid groups (broad SMARTS) is 1. The predicted molar refractivity (Wildman–Crippen MR) is 72.7 cm³/mol. The van der Waals surface area contributed by atoms with Crippen molar-refractivity contribution < 1.29 is 24.2 Å². The Bertz CT molecular complexity index is 538. The number of ether oxygens (including phenoxy) is 1. The molecule has 0 bridgehead atoms. The summed E-state index contributed by atoms with van der Waals surface area (Å²) in [5.41, 5.74) is 0.810. The normalized spacial score (nSPS) is 11.8. The maximum absolute atomic E-state index is 12.0. The quantitative estimate of drug-likeness (QED) is 0.698. The number of rotatable bonds is 7. The summed E-state index contributed by atoms with van der Waals surface area (Å²) >= 11 is 0. The van der Waals surface area contributed by atoms with E-state index in [4.69, 9.17) is 9.84 Å². The van der Waals surface area contributed by atoms with Crippen LogP contribution in [0.5, 0.6) is 0 Å². The molecule has 116 valence electrons. The number of nitrogens with zero attached hydrogens (tertiary/aromatic N) is 2. The standard InChI is InChI=1S/C13H19N3O5/c1-4-21-11(17)6-5-10(13(19)20)14-12(18)9-7-16(3)15-8(9)2/h7,10H,4-6H2,1-3H3,(H,14,18)(H,19,20)/t10-/m0/s1. The third-order valence-electron chi connectivity index (χ3n) is 2.80. The number of aromatic nitrogens is 2. The molecule has 0 saturated carbocycles. The minimum atomic E-state index is -1.20. The first-order valence-corrected chi connectivity index (χ1v) is 6.54. The summed E-state index contributed by atoms with van der Waals surface area (Å²) in [5.74, 6) is -2.22. The van der Waals surface area contributed by atoms with Gasteiger partial charge in [-0.25, -0.2) is 4.79 Å². The Morgan fingerprint density at radius 1 is 1.48 bits per heavy atom. The van der Waals surface area contributed by atoms with Crippen LogP contribution in [0, 0.1) is 6.92 Å². The molecule has 1 rings (SSSR count). The number of aryl methyl sites for hydroxylation is 2. The lowest BCUT2D eigenvalue weighted by Gasteiger charge is -2.13. The maximum Gasteiger partial charge on any atom is 0.326 e. The summed E-state index contributed by atoms with van der Waals surface area (Å²) in [6.45, 7) is 3.56. The van der Waals surface area contributed by atoms with Crippen LogP contribution in [0.25, 0.3) is 0 Å². The number of hydrogen-bond donors (Lipinski definition) is 2. The van der Waals surface area contributed by atoms with Crippen LogP contribution < -0.4 is 5.32 Å². The van der Waals surface area contributed by atoms with Crippen LogP contribution in [0.4, 0.5) is 0 Å². The summed E-state index contributed by atoms with van der Waals surface area (Å²) in [6.07, 6.45) is 1.41. The molecular weight excluding hydrogens is 278 g/mol. The zero-order valence-corrected chi connectivity index (χ0v) is 12.3. The molecule has 0 aromatic carbocycles. The van der Waals surface area contributed by atoms with Gasteiger partial charge in [-0.15, -0.1) is 0 Å². The summed E-state index contributed by atoms with van der Waals surface area (Å²) in [4.78, 5) is 34.4. The van der Waals surface area contributed by atoms with E-state index < -0.39 is 23.9 Å². The Balaban J connectivity index is 2.66. The van der Waals surface area contributed by atoms with Gasteiger partial charge in [0.25, 0.3) is 5.91 Å². The molecule has 0 fully saturated rings. The molecule has 0 aliphatic rings. The monoisotopic (exact) mass is 297 g/mol. The molecule has 0 aliphatic carbocycles. The molecule has 0 unspecified atom stereocenters. The van der Waals surface area contributed by atoms with Crippen molar-refractivity contribution >= 4 is 17.8 Å². The second kappa shape index (κ2) is 7.41. The maximum atomic E-state index is 12.0. The van der Waals surface area contributed by atoms with Crippen molar-refractivity contribution in [3.63, 3.8) is 0 Å². The zero-order valence-electron chi connectivity index (χ0n) is 12.3. The zero-order chi connectivity index (χ0) is 16.0. The van der Waals surface area contributed by atoms with E-state index in [-0.39, 0.29) is 19.4 Å². The van der Waals surface area contributed by atoms with E-state index in [1.165, 1.54) is 10.9 Å². The molecule has 0 aliphatic heterocycles. The minimum absolute atomic E-state index is 0.0286. The van der Waals surface area contributed by atoms with Gasteiger partial charge >= 0.3 is 11.9 Å². The lowest BCUT2D eigenvalue weighted by Crippen LogP contribution is -2.41. The van der Waals surface area contributed by atoms with Gasteiger partial charge < -0.3 is 15.2 Å². The number of amides is 1. The van der Waals surface area contributed by atoms with Gasteiger partial charge in [-0.05, 0) is 20.3 Å².